The van der Waals surface area contributed by atoms with Gasteiger partial charge in [-0.25, -0.2) is 0 Å². The summed E-state index contributed by atoms with van der Waals surface area (Å²) in [5, 5.41) is 7.43. The number of unbranched alkanes of at least 4 members (excludes halogenated alkanes) is 4. The van der Waals surface area contributed by atoms with Crippen molar-refractivity contribution in [1.29, 1.82) is 5.41 Å². The van der Waals surface area contributed by atoms with E-state index in [4.69, 9.17) is 11.1 Å². The topological polar surface area (TPSA) is 53.1 Å². The van der Waals surface area contributed by atoms with E-state index < -0.39 is 0 Å². The molecule has 1 heterocycles. The lowest BCUT2D eigenvalue weighted by atomic mass is 9.96. The van der Waals surface area contributed by atoms with Crippen LogP contribution >= 0.6 is 0 Å². The second-order valence-electron chi connectivity index (χ2n) is 4.99. The molecule has 1 rings (SSSR count). The summed E-state index contributed by atoms with van der Waals surface area (Å²) >= 11 is 0. The van der Waals surface area contributed by atoms with Gasteiger partial charge in [0.1, 0.15) is 0 Å². The number of nitrogens with one attached hydrogen (secondary N) is 1. The summed E-state index contributed by atoms with van der Waals surface area (Å²) in [6.07, 6.45) is 8.98. The molecule has 0 amide bonds. The van der Waals surface area contributed by atoms with Crippen LogP contribution < -0.4 is 5.73 Å². The standard InChI is InChI=1S/C13H27N3/c1-2-3-4-5-6-9-16-10-7-12(8-11-16)13(14)15/h12H,2-11H2,1H3,(H3,14,15). The van der Waals surface area contributed by atoms with E-state index in [9.17, 15) is 0 Å². The van der Waals surface area contributed by atoms with Gasteiger partial charge in [0.2, 0.25) is 0 Å². The number of nitrogens with two attached hydrogens (primary N) is 1. The third-order valence-electron chi connectivity index (χ3n) is 3.61. The molecule has 1 fully saturated rings. The number of likely N-dealkylation sites (tertiary alicyclic amines) is 1. The highest BCUT2D eigenvalue weighted by Crippen LogP contribution is 2.17. The first-order chi connectivity index (χ1) is 7.74. The Kier molecular flexibility index (Phi) is 6.46. The van der Waals surface area contributed by atoms with Crippen LogP contribution in [-0.2, 0) is 0 Å². The fourth-order valence-electron chi connectivity index (χ4n) is 2.41. The number of piperidine rings is 1. The third-order valence-corrected chi connectivity index (χ3v) is 3.61. The largest absolute Gasteiger partial charge is 0.387 e. The Morgan fingerprint density at radius 1 is 1.19 bits per heavy atom. The van der Waals surface area contributed by atoms with Crippen LogP contribution in [0.15, 0.2) is 0 Å². The van der Waals surface area contributed by atoms with Crippen LogP contribution in [0.3, 0.4) is 0 Å². The summed E-state index contributed by atoms with van der Waals surface area (Å²) in [6.45, 7) is 5.77. The summed E-state index contributed by atoms with van der Waals surface area (Å²) in [5.41, 5.74) is 5.53. The smallest absolute Gasteiger partial charge is 0.0937 e. The minimum Gasteiger partial charge on any atom is -0.387 e. The molecule has 3 heteroatoms. The highest BCUT2D eigenvalue weighted by molar-refractivity contribution is 5.79. The number of hydrogen-bond donors (Lipinski definition) is 2. The summed E-state index contributed by atoms with van der Waals surface area (Å²) in [7, 11) is 0. The molecule has 1 aliphatic heterocycles. The van der Waals surface area contributed by atoms with Crippen molar-refractivity contribution in [2.75, 3.05) is 19.6 Å². The van der Waals surface area contributed by atoms with E-state index in [1.807, 2.05) is 0 Å². The highest BCUT2D eigenvalue weighted by Gasteiger charge is 2.20. The summed E-state index contributed by atoms with van der Waals surface area (Å²) < 4.78 is 0. The second kappa shape index (κ2) is 7.66. The molecule has 0 atom stereocenters. The Bertz CT molecular complexity index is 195. The van der Waals surface area contributed by atoms with Gasteiger partial charge in [0.25, 0.3) is 0 Å². The Morgan fingerprint density at radius 3 is 2.38 bits per heavy atom. The maximum atomic E-state index is 7.43. The molecule has 0 aromatic heterocycles. The van der Waals surface area contributed by atoms with Gasteiger partial charge in [0.15, 0.2) is 0 Å². The van der Waals surface area contributed by atoms with E-state index in [1.165, 1.54) is 38.6 Å². The van der Waals surface area contributed by atoms with E-state index in [2.05, 4.69) is 11.8 Å². The molecule has 0 aromatic carbocycles. The van der Waals surface area contributed by atoms with Gasteiger partial charge in [-0.15, -0.1) is 0 Å². The minimum atomic E-state index is 0.358. The van der Waals surface area contributed by atoms with Gasteiger partial charge < -0.3 is 10.6 Å². The lowest BCUT2D eigenvalue weighted by molar-refractivity contribution is 0.205. The zero-order valence-electron chi connectivity index (χ0n) is 10.7. The molecular formula is C13H27N3. The third kappa shape index (κ3) is 4.97. The molecule has 0 radical (unpaired) electrons. The molecular weight excluding hydrogens is 198 g/mol. The van der Waals surface area contributed by atoms with Crippen molar-refractivity contribution in [1.82, 2.24) is 4.90 Å². The number of hydrogen-bond acceptors (Lipinski definition) is 2. The van der Waals surface area contributed by atoms with Crippen LogP contribution in [0.2, 0.25) is 0 Å². The Morgan fingerprint density at radius 2 is 1.81 bits per heavy atom. The maximum absolute atomic E-state index is 7.43. The van der Waals surface area contributed by atoms with Crippen LogP contribution in [0, 0.1) is 11.3 Å². The molecule has 0 bridgehead atoms. The quantitative estimate of drug-likeness (QED) is 0.397. The predicted octanol–water partition coefficient (Wildman–Crippen LogP) is 2.60. The van der Waals surface area contributed by atoms with E-state index in [-0.39, 0.29) is 0 Å². The second-order valence-corrected chi connectivity index (χ2v) is 4.99. The van der Waals surface area contributed by atoms with Crippen molar-refractivity contribution >= 4 is 5.84 Å². The van der Waals surface area contributed by atoms with Gasteiger partial charge in [-0.1, -0.05) is 32.6 Å². The molecule has 0 unspecified atom stereocenters. The van der Waals surface area contributed by atoms with Gasteiger partial charge in [-0.3, -0.25) is 5.41 Å². The minimum absolute atomic E-state index is 0.358. The van der Waals surface area contributed by atoms with Crippen LogP contribution in [0.5, 0.6) is 0 Å². The highest BCUT2D eigenvalue weighted by atomic mass is 15.1. The van der Waals surface area contributed by atoms with Gasteiger partial charge in [-0.2, -0.15) is 0 Å². The molecule has 16 heavy (non-hydrogen) atoms. The van der Waals surface area contributed by atoms with Gasteiger partial charge in [-0.05, 0) is 38.9 Å². The molecule has 0 aliphatic carbocycles. The Balaban J connectivity index is 2.02. The summed E-state index contributed by atoms with van der Waals surface area (Å²) in [4.78, 5) is 2.53. The van der Waals surface area contributed by atoms with E-state index in [1.54, 1.807) is 0 Å². The lowest BCUT2D eigenvalue weighted by Gasteiger charge is -2.31. The van der Waals surface area contributed by atoms with Crippen LogP contribution in [0.25, 0.3) is 0 Å². The Labute approximate surface area is 99.9 Å². The first-order valence-electron chi connectivity index (χ1n) is 6.80. The molecule has 0 saturated carbocycles. The molecule has 0 aromatic rings. The fourth-order valence-corrected chi connectivity index (χ4v) is 2.41. The van der Waals surface area contributed by atoms with E-state index in [0.717, 1.165) is 25.9 Å². The summed E-state index contributed by atoms with van der Waals surface area (Å²) in [6, 6.07) is 0. The van der Waals surface area contributed by atoms with E-state index in [0.29, 0.717) is 11.8 Å². The average molecular weight is 225 g/mol. The zero-order chi connectivity index (χ0) is 11.8. The monoisotopic (exact) mass is 225 g/mol. The summed E-state index contributed by atoms with van der Waals surface area (Å²) in [5.74, 6) is 0.749. The first-order valence-corrected chi connectivity index (χ1v) is 6.80. The molecule has 94 valence electrons. The van der Waals surface area contributed by atoms with Gasteiger partial charge in [0.05, 0.1) is 5.84 Å². The molecule has 3 N–H and O–H groups in total. The molecule has 0 spiro atoms. The predicted molar refractivity (Wildman–Crippen MR) is 69.8 cm³/mol. The number of amidine groups is 1. The van der Waals surface area contributed by atoms with Crippen molar-refractivity contribution in [2.45, 2.75) is 51.9 Å². The van der Waals surface area contributed by atoms with Crippen molar-refractivity contribution in [2.24, 2.45) is 11.7 Å². The van der Waals surface area contributed by atoms with Crippen molar-refractivity contribution in [3.05, 3.63) is 0 Å². The SMILES string of the molecule is CCCCCCCN1CCC(C(=N)N)CC1. The van der Waals surface area contributed by atoms with Crippen molar-refractivity contribution in [3.8, 4) is 0 Å². The number of rotatable bonds is 7. The van der Waals surface area contributed by atoms with Crippen LogP contribution in [-0.4, -0.2) is 30.4 Å². The van der Waals surface area contributed by atoms with Gasteiger partial charge >= 0.3 is 0 Å². The molecule has 1 saturated heterocycles. The maximum Gasteiger partial charge on any atom is 0.0937 e. The molecule has 3 nitrogen and oxygen atoms in total. The molecule has 1 aliphatic rings. The zero-order valence-corrected chi connectivity index (χ0v) is 10.7. The van der Waals surface area contributed by atoms with Crippen molar-refractivity contribution in [3.63, 3.8) is 0 Å². The van der Waals surface area contributed by atoms with Crippen molar-refractivity contribution < 1.29 is 0 Å². The van der Waals surface area contributed by atoms with Gasteiger partial charge in [0, 0.05) is 5.92 Å². The normalized spacial score (nSPS) is 18.8. The first kappa shape index (κ1) is 13.5. The lowest BCUT2D eigenvalue weighted by Crippen LogP contribution is -2.38. The fraction of sp³-hybridized carbons (Fsp3) is 0.923. The van der Waals surface area contributed by atoms with Crippen LogP contribution in [0.1, 0.15) is 51.9 Å². The van der Waals surface area contributed by atoms with Crippen LogP contribution in [0.4, 0.5) is 0 Å². The van der Waals surface area contributed by atoms with E-state index >= 15 is 0 Å². The average Bonchev–Trinajstić information content (AvgIpc) is 2.29. The Hall–Kier alpha value is -0.570. The number of nitrogens with zero attached hydrogens (tertiary/aromatic N) is 1.